The first-order valence-corrected chi connectivity index (χ1v) is 12.6. The van der Waals surface area contributed by atoms with E-state index in [2.05, 4.69) is 9.97 Å². The van der Waals surface area contributed by atoms with Crippen LogP contribution in [0.4, 0.5) is 0 Å². The van der Waals surface area contributed by atoms with Crippen molar-refractivity contribution in [2.24, 2.45) is 0 Å². The minimum absolute atomic E-state index is 0.490. The van der Waals surface area contributed by atoms with Crippen LogP contribution >= 0.6 is 46.4 Å². The number of hydrogen-bond donors (Lipinski definition) is 2. The van der Waals surface area contributed by atoms with E-state index in [4.69, 9.17) is 56.4 Å². The Morgan fingerprint density at radius 3 is 0.889 bits per heavy atom. The molecule has 2 aliphatic rings. The number of nitrogens with zero attached hydrogens (tertiary/aromatic N) is 2. The monoisotopic (exact) mass is 546 g/mol. The second kappa shape index (κ2) is 8.12. The summed E-state index contributed by atoms with van der Waals surface area (Å²) < 4.78 is 0. The van der Waals surface area contributed by atoms with Crippen molar-refractivity contribution in [2.45, 2.75) is 0 Å². The number of benzene rings is 2. The summed E-state index contributed by atoms with van der Waals surface area (Å²) in [5.74, 6) is 0. The smallest absolute Gasteiger partial charge is 0.0737 e. The topological polar surface area (TPSA) is 57.4 Å². The van der Waals surface area contributed by atoms with E-state index in [9.17, 15) is 0 Å². The van der Waals surface area contributed by atoms with E-state index in [0.717, 1.165) is 67.1 Å². The van der Waals surface area contributed by atoms with Gasteiger partial charge < -0.3 is 9.97 Å². The molecule has 0 saturated heterocycles. The zero-order valence-corrected chi connectivity index (χ0v) is 21.4. The second-order valence-electron chi connectivity index (χ2n) is 8.70. The predicted octanol–water partition coefficient (Wildman–Crippen LogP) is 9.60. The Morgan fingerprint density at radius 1 is 0.389 bits per heavy atom. The van der Waals surface area contributed by atoms with Crippen molar-refractivity contribution in [2.75, 3.05) is 0 Å². The van der Waals surface area contributed by atoms with Crippen molar-refractivity contribution < 1.29 is 0 Å². The van der Waals surface area contributed by atoms with Crippen LogP contribution in [0.3, 0.4) is 0 Å². The van der Waals surface area contributed by atoms with Crippen LogP contribution < -0.4 is 0 Å². The van der Waals surface area contributed by atoms with E-state index in [1.165, 1.54) is 0 Å². The van der Waals surface area contributed by atoms with Gasteiger partial charge in [0.2, 0.25) is 0 Å². The van der Waals surface area contributed by atoms with E-state index >= 15 is 0 Å². The maximum Gasteiger partial charge on any atom is 0.0737 e. The van der Waals surface area contributed by atoms with E-state index in [1.54, 1.807) is 0 Å². The van der Waals surface area contributed by atoms with E-state index in [-0.39, 0.29) is 0 Å². The summed E-state index contributed by atoms with van der Waals surface area (Å²) in [5, 5.41) is 1.96. The second-order valence-corrected chi connectivity index (χ2v) is 10.3. The molecular weight excluding hydrogens is 534 g/mol. The van der Waals surface area contributed by atoms with Gasteiger partial charge in [0.25, 0.3) is 0 Å². The average Bonchev–Trinajstić information content (AvgIpc) is 3.61. The SMILES string of the molecule is Clc1cc2c(cc1Cl)-c1cc3ccc(cc4nc(cc5ccc(cc-2n1)[nH]5)-c1cc(Cl)c(Cl)cc1-4)[nH]3. The first-order valence-electron chi connectivity index (χ1n) is 11.1. The fourth-order valence-electron chi connectivity index (χ4n) is 4.67. The summed E-state index contributed by atoms with van der Waals surface area (Å²) in [5.41, 5.74) is 10.5. The highest BCUT2D eigenvalue weighted by atomic mass is 35.5. The lowest BCUT2D eigenvalue weighted by atomic mass is 10.0. The summed E-state index contributed by atoms with van der Waals surface area (Å²) in [6, 6.07) is 23.5. The standard InChI is InChI=1S/C28H14Cl4N4/c29-21-9-17-18(10-22(21)30)27-7-15-3-4-16(34-15)8-28-20-12-24(32)23(31)11-19(20)26(36-28)6-14-2-1-13(33-14)5-25(17)35-27/h1-12,33-34H. The highest BCUT2D eigenvalue weighted by molar-refractivity contribution is 6.43. The predicted molar refractivity (Wildman–Crippen MR) is 150 cm³/mol. The van der Waals surface area contributed by atoms with E-state index < -0.39 is 0 Å². The maximum absolute atomic E-state index is 6.36. The molecule has 0 atom stereocenters. The van der Waals surface area contributed by atoms with Gasteiger partial charge in [0.05, 0.1) is 42.9 Å². The number of H-pyrrole nitrogens is 2. The minimum Gasteiger partial charge on any atom is -0.355 e. The molecule has 2 aliphatic heterocycles. The van der Waals surface area contributed by atoms with Gasteiger partial charge in [-0.15, -0.1) is 0 Å². The molecule has 174 valence electrons. The Morgan fingerprint density at radius 2 is 0.639 bits per heavy atom. The van der Waals surface area contributed by atoms with Crippen molar-refractivity contribution in [3.63, 3.8) is 0 Å². The molecule has 5 heterocycles. The van der Waals surface area contributed by atoms with E-state index in [1.807, 2.05) is 72.8 Å². The molecule has 7 rings (SSSR count). The molecule has 8 bridgehead atoms. The van der Waals surface area contributed by atoms with Crippen LogP contribution in [0.25, 0.3) is 67.1 Å². The van der Waals surface area contributed by atoms with Crippen LogP contribution in [0, 0.1) is 0 Å². The van der Waals surface area contributed by atoms with Crippen molar-refractivity contribution in [1.29, 1.82) is 0 Å². The molecule has 0 aliphatic carbocycles. The Labute approximate surface area is 225 Å². The fourth-order valence-corrected chi connectivity index (χ4v) is 5.32. The highest BCUT2D eigenvalue weighted by Crippen LogP contribution is 2.42. The number of fused-ring (bicyclic) bond motifs is 14. The number of rotatable bonds is 0. The largest absolute Gasteiger partial charge is 0.355 e. The summed E-state index contributed by atoms with van der Waals surface area (Å²) in [4.78, 5) is 16.7. The van der Waals surface area contributed by atoms with Gasteiger partial charge in [-0.25, -0.2) is 9.97 Å². The Hall–Kier alpha value is -3.28. The quantitative estimate of drug-likeness (QED) is 0.198. The summed E-state index contributed by atoms with van der Waals surface area (Å²) in [6.07, 6.45) is 0. The molecule has 2 N–H and O–H groups in total. The molecule has 0 amide bonds. The third kappa shape index (κ3) is 3.61. The maximum atomic E-state index is 6.36. The first-order chi connectivity index (χ1) is 17.4. The number of aromatic amines is 2. The molecule has 36 heavy (non-hydrogen) atoms. The highest BCUT2D eigenvalue weighted by Gasteiger charge is 2.20. The van der Waals surface area contributed by atoms with Gasteiger partial charge in [-0.1, -0.05) is 46.4 Å². The number of nitrogens with one attached hydrogen (secondary N) is 2. The third-order valence-electron chi connectivity index (χ3n) is 6.34. The Balaban J connectivity index is 1.58. The summed E-state index contributed by atoms with van der Waals surface area (Å²) >= 11 is 25.5. The first kappa shape index (κ1) is 22.0. The molecule has 5 aromatic rings. The van der Waals surface area contributed by atoms with Crippen molar-refractivity contribution >= 4 is 68.5 Å². The molecule has 8 heteroatoms. The lowest BCUT2D eigenvalue weighted by Crippen LogP contribution is -1.79. The van der Waals surface area contributed by atoms with Crippen molar-refractivity contribution in [1.82, 2.24) is 19.9 Å². The number of hydrogen-bond acceptors (Lipinski definition) is 2. The number of aromatic nitrogens is 4. The zero-order valence-electron chi connectivity index (χ0n) is 18.3. The molecule has 0 radical (unpaired) electrons. The minimum atomic E-state index is 0.490. The molecule has 3 aromatic heterocycles. The number of halogens is 4. The van der Waals surface area contributed by atoms with Crippen molar-refractivity contribution in [3.8, 4) is 45.0 Å². The Kier molecular flexibility index (Phi) is 4.95. The van der Waals surface area contributed by atoms with Gasteiger partial charge in [0, 0.05) is 44.3 Å². The van der Waals surface area contributed by atoms with Gasteiger partial charge in [-0.2, -0.15) is 0 Å². The van der Waals surface area contributed by atoms with Crippen LogP contribution in [0.5, 0.6) is 0 Å². The van der Waals surface area contributed by atoms with Crippen LogP contribution in [-0.4, -0.2) is 19.9 Å². The lowest BCUT2D eigenvalue weighted by Gasteiger charge is -2.02. The Bertz CT molecular complexity index is 1640. The summed E-state index contributed by atoms with van der Waals surface area (Å²) in [6.45, 7) is 0. The third-order valence-corrected chi connectivity index (χ3v) is 7.78. The van der Waals surface area contributed by atoms with Crippen LogP contribution in [-0.2, 0) is 0 Å². The lowest BCUT2D eigenvalue weighted by molar-refractivity contribution is 1.40. The fraction of sp³-hybridized carbons (Fsp3) is 0. The van der Waals surface area contributed by atoms with Gasteiger partial charge >= 0.3 is 0 Å². The van der Waals surface area contributed by atoms with Crippen LogP contribution in [0.1, 0.15) is 0 Å². The van der Waals surface area contributed by atoms with Crippen molar-refractivity contribution in [3.05, 3.63) is 92.9 Å². The van der Waals surface area contributed by atoms with Gasteiger partial charge in [-0.05, 0) is 72.8 Å². The molecule has 0 fully saturated rings. The normalized spacial score (nSPS) is 11.9. The molecule has 4 nitrogen and oxygen atoms in total. The molecule has 0 unspecified atom stereocenters. The molecule has 2 aromatic carbocycles. The van der Waals surface area contributed by atoms with Crippen LogP contribution in [0.2, 0.25) is 20.1 Å². The van der Waals surface area contributed by atoms with Crippen LogP contribution in [0.15, 0.2) is 72.8 Å². The zero-order chi connectivity index (χ0) is 24.6. The molecule has 0 spiro atoms. The molecular formula is C28H14Cl4N4. The van der Waals surface area contributed by atoms with Gasteiger partial charge in [0.15, 0.2) is 0 Å². The van der Waals surface area contributed by atoms with Gasteiger partial charge in [0.1, 0.15) is 0 Å². The average molecular weight is 548 g/mol. The summed E-state index contributed by atoms with van der Waals surface area (Å²) in [7, 11) is 0. The van der Waals surface area contributed by atoms with Gasteiger partial charge in [-0.3, -0.25) is 0 Å². The van der Waals surface area contributed by atoms with E-state index in [0.29, 0.717) is 20.1 Å². The molecule has 0 saturated carbocycles.